The molecule has 1 N–H and O–H groups in total. The van der Waals surface area contributed by atoms with E-state index in [1.807, 2.05) is 25.1 Å². The number of thiophene rings is 1. The number of hydrogen-bond acceptors (Lipinski definition) is 2. The van der Waals surface area contributed by atoms with E-state index in [0.717, 1.165) is 22.9 Å². The van der Waals surface area contributed by atoms with Crippen molar-refractivity contribution in [1.29, 1.82) is 0 Å². The summed E-state index contributed by atoms with van der Waals surface area (Å²) < 4.78 is 28.1. The van der Waals surface area contributed by atoms with Crippen molar-refractivity contribution in [3.05, 3.63) is 70.6 Å². The number of fused-ring (bicyclic) bond motifs is 1. The molecule has 2 aromatic carbocycles. The summed E-state index contributed by atoms with van der Waals surface area (Å²) in [6, 6.07) is 13.6. The number of hydrogen-bond donors (Lipinski definition) is 1. The van der Waals surface area contributed by atoms with E-state index < -0.39 is 11.6 Å². The average molecular weight is 303 g/mol. The maximum Gasteiger partial charge on any atom is 0.126 e. The van der Waals surface area contributed by atoms with Gasteiger partial charge in [-0.2, -0.15) is 0 Å². The zero-order valence-corrected chi connectivity index (χ0v) is 12.4. The smallest absolute Gasteiger partial charge is 0.126 e. The minimum Gasteiger partial charge on any atom is -0.306 e. The summed E-state index contributed by atoms with van der Waals surface area (Å²) in [6.45, 7) is 2.70. The molecule has 0 bridgehead atoms. The Morgan fingerprint density at radius 3 is 2.43 bits per heavy atom. The van der Waals surface area contributed by atoms with Gasteiger partial charge < -0.3 is 5.32 Å². The summed E-state index contributed by atoms with van der Waals surface area (Å²) >= 11 is 1.64. The second kappa shape index (κ2) is 5.92. The molecular weight excluding hydrogens is 288 g/mol. The van der Waals surface area contributed by atoms with Gasteiger partial charge in [-0.25, -0.2) is 8.78 Å². The predicted molar refractivity (Wildman–Crippen MR) is 83.7 cm³/mol. The van der Waals surface area contributed by atoms with Crippen molar-refractivity contribution in [3.8, 4) is 0 Å². The fraction of sp³-hybridized carbons (Fsp3) is 0.176. The van der Waals surface area contributed by atoms with E-state index in [1.54, 1.807) is 11.3 Å². The van der Waals surface area contributed by atoms with Crippen LogP contribution in [0, 0.1) is 11.6 Å². The third-order valence-corrected chi connectivity index (χ3v) is 4.54. The molecule has 1 nitrogen and oxygen atoms in total. The van der Waals surface area contributed by atoms with Gasteiger partial charge in [0.25, 0.3) is 0 Å². The number of rotatable bonds is 4. The molecule has 0 aliphatic carbocycles. The van der Waals surface area contributed by atoms with Crippen LogP contribution in [0.25, 0.3) is 10.1 Å². The highest BCUT2D eigenvalue weighted by Gasteiger charge is 2.17. The van der Waals surface area contributed by atoms with Crippen LogP contribution in [0.2, 0.25) is 0 Å². The molecule has 108 valence electrons. The Morgan fingerprint density at radius 2 is 1.76 bits per heavy atom. The van der Waals surface area contributed by atoms with Crippen LogP contribution in [0.1, 0.15) is 23.4 Å². The van der Waals surface area contributed by atoms with Gasteiger partial charge >= 0.3 is 0 Å². The van der Waals surface area contributed by atoms with Gasteiger partial charge in [0.15, 0.2) is 0 Å². The highest BCUT2D eigenvalue weighted by molar-refractivity contribution is 7.19. The van der Waals surface area contributed by atoms with Gasteiger partial charge in [-0.3, -0.25) is 0 Å². The fourth-order valence-corrected chi connectivity index (χ4v) is 3.64. The lowest BCUT2D eigenvalue weighted by Gasteiger charge is -2.17. The lowest BCUT2D eigenvalue weighted by molar-refractivity contribution is 0.567. The first-order valence-corrected chi connectivity index (χ1v) is 7.67. The number of halogens is 2. The zero-order chi connectivity index (χ0) is 14.8. The van der Waals surface area contributed by atoms with Gasteiger partial charge in [0.1, 0.15) is 11.6 Å². The lowest BCUT2D eigenvalue weighted by Crippen LogP contribution is -2.21. The Bertz CT molecular complexity index is 713. The van der Waals surface area contributed by atoms with E-state index >= 15 is 0 Å². The molecule has 1 unspecified atom stereocenters. The van der Waals surface area contributed by atoms with Gasteiger partial charge in [-0.1, -0.05) is 25.1 Å². The van der Waals surface area contributed by atoms with E-state index in [2.05, 4.69) is 17.4 Å². The highest BCUT2D eigenvalue weighted by Crippen LogP contribution is 2.33. The largest absolute Gasteiger partial charge is 0.306 e. The maximum atomic E-state index is 13.5. The summed E-state index contributed by atoms with van der Waals surface area (Å²) in [5.41, 5.74) is 0.612. The van der Waals surface area contributed by atoms with E-state index in [9.17, 15) is 8.78 Å². The molecule has 1 heterocycles. The monoisotopic (exact) mass is 303 g/mol. The predicted octanol–water partition coefficient (Wildman–Crippen LogP) is 4.88. The number of nitrogens with one attached hydrogen (secondary N) is 1. The Labute approximate surface area is 126 Å². The van der Waals surface area contributed by atoms with Crippen molar-refractivity contribution in [2.45, 2.75) is 13.0 Å². The molecule has 21 heavy (non-hydrogen) atoms. The molecule has 0 radical (unpaired) electrons. The average Bonchev–Trinajstić information content (AvgIpc) is 2.87. The van der Waals surface area contributed by atoms with Crippen LogP contribution in [0.5, 0.6) is 0 Å². The first kappa shape index (κ1) is 14.2. The van der Waals surface area contributed by atoms with Crippen molar-refractivity contribution in [2.24, 2.45) is 0 Å². The molecule has 0 spiro atoms. The van der Waals surface area contributed by atoms with E-state index in [-0.39, 0.29) is 6.04 Å². The van der Waals surface area contributed by atoms with Crippen LogP contribution in [0.3, 0.4) is 0 Å². The number of benzene rings is 2. The summed E-state index contributed by atoms with van der Waals surface area (Å²) in [5, 5.41) is 4.46. The summed E-state index contributed by atoms with van der Waals surface area (Å²) in [4.78, 5) is 1.06. The second-order valence-corrected chi connectivity index (χ2v) is 6.00. The molecule has 0 saturated carbocycles. The second-order valence-electron chi connectivity index (χ2n) is 4.88. The lowest BCUT2D eigenvalue weighted by atomic mass is 10.0. The van der Waals surface area contributed by atoms with E-state index in [1.165, 1.54) is 16.8 Å². The van der Waals surface area contributed by atoms with E-state index in [0.29, 0.717) is 5.56 Å². The topological polar surface area (TPSA) is 12.0 Å². The third kappa shape index (κ3) is 2.96. The van der Waals surface area contributed by atoms with Crippen molar-refractivity contribution in [2.75, 3.05) is 6.54 Å². The van der Waals surface area contributed by atoms with Crippen molar-refractivity contribution < 1.29 is 8.78 Å². The van der Waals surface area contributed by atoms with Crippen molar-refractivity contribution >= 4 is 21.4 Å². The minimum absolute atomic E-state index is 0.197. The van der Waals surface area contributed by atoms with E-state index in [4.69, 9.17) is 0 Å². The Morgan fingerprint density at radius 1 is 1.05 bits per heavy atom. The van der Waals surface area contributed by atoms with Gasteiger partial charge in [0.05, 0.1) is 6.04 Å². The molecule has 0 aliphatic rings. The Hall–Kier alpha value is -1.78. The molecular formula is C17H15F2NS. The molecule has 0 fully saturated rings. The standard InChI is InChI=1S/C17H15F2NS/c1-2-20-17(12-7-13(18)10-14(19)8-12)16-9-11-5-3-4-6-15(11)21-16/h3-10,17,20H,2H2,1H3. The Kier molecular flexibility index (Phi) is 3.99. The van der Waals surface area contributed by atoms with Crippen molar-refractivity contribution in [3.63, 3.8) is 0 Å². The summed E-state index contributed by atoms with van der Waals surface area (Å²) in [6.07, 6.45) is 0. The van der Waals surface area contributed by atoms with Crippen LogP contribution >= 0.6 is 11.3 Å². The van der Waals surface area contributed by atoms with Crippen LogP contribution in [-0.2, 0) is 0 Å². The normalized spacial score (nSPS) is 12.7. The molecule has 0 amide bonds. The van der Waals surface area contributed by atoms with Gasteiger partial charge in [0.2, 0.25) is 0 Å². The van der Waals surface area contributed by atoms with Gasteiger partial charge in [0, 0.05) is 15.6 Å². The van der Waals surface area contributed by atoms with Gasteiger partial charge in [-0.05, 0) is 41.8 Å². The Balaban J connectivity index is 2.08. The molecule has 0 aliphatic heterocycles. The van der Waals surface area contributed by atoms with Crippen LogP contribution in [0.15, 0.2) is 48.5 Å². The SMILES string of the molecule is CCNC(c1cc(F)cc(F)c1)c1cc2ccccc2s1. The molecule has 1 atom stereocenters. The first-order valence-electron chi connectivity index (χ1n) is 6.85. The quantitative estimate of drug-likeness (QED) is 0.724. The van der Waals surface area contributed by atoms with Crippen LogP contribution < -0.4 is 5.32 Å². The molecule has 0 saturated heterocycles. The van der Waals surface area contributed by atoms with Gasteiger partial charge in [-0.15, -0.1) is 11.3 Å². The maximum absolute atomic E-state index is 13.5. The zero-order valence-electron chi connectivity index (χ0n) is 11.6. The molecule has 3 rings (SSSR count). The fourth-order valence-electron chi connectivity index (χ4n) is 2.47. The van der Waals surface area contributed by atoms with Crippen LogP contribution in [-0.4, -0.2) is 6.54 Å². The molecule has 4 heteroatoms. The highest BCUT2D eigenvalue weighted by atomic mass is 32.1. The third-order valence-electron chi connectivity index (χ3n) is 3.36. The summed E-state index contributed by atoms with van der Waals surface area (Å²) in [7, 11) is 0. The molecule has 3 aromatic rings. The summed E-state index contributed by atoms with van der Waals surface area (Å²) in [5.74, 6) is -1.09. The molecule has 1 aromatic heterocycles. The van der Waals surface area contributed by atoms with Crippen molar-refractivity contribution in [1.82, 2.24) is 5.32 Å². The minimum atomic E-state index is -0.547. The van der Waals surface area contributed by atoms with Crippen LogP contribution in [0.4, 0.5) is 8.78 Å². The first-order chi connectivity index (χ1) is 10.2.